The van der Waals surface area contributed by atoms with Crippen LogP contribution < -0.4 is 16.0 Å². The molecular formula is C19H29IN4O2. The minimum atomic E-state index is -0.514. The number of nitrogens with one attached hydrogen (secondary N) is 3. The molecule has 0 saturated heterocycles. The molecule has 144 valence electrons. The van der Waals surface area contributed by atoms with Gasteiger partial charge in [0.15, 0.2) is 5.96 Å². The number of guanidine groups is 1. The first kappa shape index (κ1) is 24.1. The topological polar surface area (TPSA) is 74.8 Å². The summed E-state index contributed by atoms with van der Waals surface area (Å²) in [4.78, 5) is 16.2. The van der Waals surface area contributed by atoms with Gasteiger partial charge in [-0.05, 0) is 51.8 Å². The largest absolute Gasteiger partial charge is 0.444 e. The number of carbonyl (C=O) groups is 1. The highest BCUT2D eigenvalue weighted by Crippen LogP contribution is 2.13. The van der Waals surface area contributed by atoms with Crippen molar-refractivity contribution in [2.45, 2.75) is 39.7 Å². The Morgan fingerprint density at radius 1 is 1.23 bits per heavy atom. The number of hydrogen-bond donors (Lipinski definition) is 3. The summed E-state index contributed by atoms with van der Waals surface area (Å²) in [7, 11) is 0. The van der Waals surface area contributed by atoms with Crippen molar-refractivity contribution in [1.82, 2.24) is 10.6 Å². The molecule has 0 unspecified atom stereocenters. The van der Waals surface area contributed by atoms with E-state index in [-0.39, 0.29) is 24.0 Å². The summed E-state index contributed by atoms with van der Waals surface area (Å²) >= 11 is 0. The molecule has 0 bridgehead atoms. The number of carbonyl (C=O) groups excluding carboxylic acids is 1. The second-order valence-corrected chi connectivity index (χ2v) is 6.39. The van der Waals surface area contributed by atoms with E-state index < -0.39 is 11.7 Å². The Hall–Kier alpha value is -1.95. The van der Waals surface area contributed by atoms with Gasteiger partial charge in [0.25, 0.3) is 0 Å². The van der Waals surface area contributed by atoms with Crippen LogP contribution in [0.25, 0.3) is 0 Å². The van der Waals surface area contributed by atoms with Crippen molar-refractivity contribution in [2.24, 2.45) is 4.99 Å². The van der Waals surface area contributed by atoms with E-state index in [1.807, 2.05) is 52.0 Å². The fraction of sp³-hybridized carbons (Fsp3) is 0.474. The highest BCUT2D eigenvalue weighted by molar-refractivity contribution is 14.0. The van der Waals surface area contributed by atoms with Crippen molar-refractivity contribution >= 4 is 41.7 Å². The first-order chi connectivity index (χ1) is 11.8. The molecule has 6 nitrogen and oxygen atoms in total. The van der Waals surface area contributed by atoms with Gasteiger partial charge in [0.2, 0.25) is 0 Å². The molecule has 1 aromatic rings. The lowest BCUT2D eigenvalue weighted by Crippen LogP contribution is -2.37. The van der Waals surface area contributed by atoms with Gasteiger partial charge in [0.1, 0.15) is 5.60 Å². The highest BCUT2D eigenvalue weighted by Gasteiger charge is 2.15. The van der Waals surface area contributed by atoms with Crippen LogP contribution in [0.2, 0.25) is 0 Å². The minimum Gasteiger partial charge on any atom is -0.444 e. The number of nitrogens with zero attached hydrogens (tertiary/aromatic N) is 1. The first-order valence-electron chi connectivity index (χ1n) is 8.38. The Labute approximate surface area is 173 Å². The predicted molar refractivity (Wildman–Crippen MR) is 118 cm³/mol. The molecule has 0 aliphatic carbocycles. The van der Waals surface area contributed by atoms with Gasteiger partial charge in [0.05, 0.1) is 6.54 Å². The number of terminal acetylenes is 1. The lowest BCUT2D eigenvalue weighted by atomic mass is 10.1. The van der Waals surface area contributed by atoms with Crippen molar-refractivity contribution in [2.75, 3.05) is 25.0 Å². The molecule has 0 aliphatic heterocycles. The van der Waals surface area contributed by atoms with Gasteiger partial charge in [-0.25, -0.2) is 4.79 Å². The second kappa shape index (κ2) is 12.4. The van der Waals surface area contributed by atoms with Crippen LogP contribution >= 0.6 is 24.0 Å². The standard InChI is InChI=1S/C19H28N4O2.HI/c1-6-13-21-17(20-7-2)22-14-12-15-8-10-16(11-9-15)23-18(24)25-19(3,4)5;/h1,8-11H,7,12-14H2,2-5H3,(H,23,24)(H2,20,21,22);1H. The Morgan fingerprint density at radius 2 is 1.88 bits per heavy atom. The van der Waals surface area contributed by atoms with Crippen molar-refractivity contribution in [3.05, 3.63) is 29.8 Å². The average molecular weight is 472 g/mol. The third-order valence-electron chi connectivity index (χ3n) is 2.97. The van der Waals surface area contributed by atoms with Crippen LogP contribution in [0.3, 0.4) is 0 Å². The Morgan fingerprint density at radius 3 is 2.42 bits per heavy atom. The maximum Gasteiger partial charge on any atom is 0.412 e. The zero-order valence-electron chi connectivity index (χ0n) is 15.9. The molecule has 0 aliphatic rings. The highest BCUT2D eigenvalue weighted by atomic mass is 127. The van der Waals surface area contributed by atoms with Crippen molar-refractivity contribution < 1.29 is 9.53 Å². The van der Waals surface area contributed by atoms with Gasteiger partial charge in [-0.1, -0.05) is 18.1 Å². The number of rotatable bonds is 6. The molecule has 0 atom stereocenters. The van der Waals surface area contributed by atoms with E-state index >= 15 is 0 Å². The molecule has 0 heterocycles. The summed E-state index contributed by atoms with van der Waals surface area (Å²) in [6.45, 7) is 9.35. The number of halogens is 1. The van der Waals surface area contributed by atoms with Gasteiger partial charge in [-0.2, -0.15) is 0 Å². The summed E-state index contributed by atoms with van der Waals surface area (Å²) < 4.78 is 5.22. The van der Waals surface area contributed by atoms with Crippen LogP contribution in [0.5, 0.6) is 0 Å². The third kappa shape index (κ3) is 10.8. The molecule has 0 radical (unpaired) electrons. The predicted octanol–water partition coefficient (Wildman–Crippen LogP) is 3.38. The number of aliphatic imine (C=N–C) groups is 1. The fourth-order valence-corrected chi connectivity index (χ4v) is 1.95. The van der Waals surface area contributed by atoms with Crippen LogP contribution in [0.15, 0.2) is 29.3 Å². The third-order valence-corrected chi connectivity index (χ3v) is 2.97. The smallest absolute Gasteiger partial charge is 0.412 e. The molecule has 1 rings (SSSR count). The van der Waals surface area contributed by atoms with E-state index in [1.54, 1.807) is 0 Å². The lowest BCUT2D eigenvalue weighted by Gasteiger charge is -2.19. The van der Waals surface area contributed by atoms with E-state index in [1.165, 1.54) is 0 Å². The normalized spacial score (nSPS) is 11.0. The molecular weight excluding hydrogens is 443 g/mol. The summed E-state index contributed by atoms with van der Waals surface area (Å²) in [5.74, 6) is 3.24. The number of ether oxygens (including phenoxy) is 1. The zero-order valence-corrected chi connectivity index (χ0v) is 18.2. The van der Waals surface area contributed by atoms with E-state index in [0.29, 0.717) is 24.7 Å². The molecule has 1 aromatic carbocycles. The van der Waals surface area contributed by atoms with Crippen LogP contribution in [-0.4, -0.2) is 37.3 Å². The molecule has 3 N–H and O–H groups in total. The van der Waals surface area contributed by atoms with Gasteiger partial charge in [-0.3, -0.25) is 10.3 Å². The van der Waals surface area contributed by atoms with Crippen molar-refractivity contribution in [3.8, 4) is 12.3 Å². The zero-order chi connectivity index (χ0) is 18.7. The average Bonchev–Trinajstić information content (AvgIpc) is 2.52. The lowest BCUT2D eigenvalue weighted by molar-refractivity contribution is 0.0636. The first-order valence-corrected chi connectivity index (χ1v) is 8.38. The number of hydrogen-bond acceptors (Lipinski definition) is 3. The summed E-state index contributed by atoms with van der Waals surface area (Å²) in [6, 6.07) is 7.63. The van der Waals surface area contributed by atoms with E-state index in [2.05, 4.69) is 26.9 Å². The summed E-state index contributed by atoms with van der Waals surface area (Å²) in [5, 5.41) is 8.89. The van der Waals surface area contributed by atoms with Crippen LogP contribution in [0.4, 0.5) is 10.5 Å². The molecule has 0 spiro atoms. The van der Waals surface area contributed by atoms with Gasteiger partial charge in [0, 0.05) is 18.8 Å². The van der Waals surface area contributed by atoms with E-state index in [9.17, 15) is 4.79 Å². The Kier molecular flexibility index (Phi) is 11.5. The second-order valence-electron chi connectivity index (χ2n) is 6.39. The van der Waals surface area contributed by atoms with Gasteiger partial charge < -0.3 is 15.4 Å². The summed E-state index contributed by atoms with van der Waals surface area (Å²) in [5.41, 5.74) is 1.32. The molecule has 7 heteroatoms. The molecule has 0 saturated carbocycles. The molecule has 26 heavy (non-hydrogen) atoms. The quantitative estimate of drug-likeness (QED) is 0.257. The maximum atomic E-state index is 11.7. The van der Waals surface area contributed by atoms with Gasteiger partial charge in [-0.15, -0.1) is 30.4 Å². The molecule has 0 aromatic heterocycles. The molecule has 1 amide bonds. The number of amides is 1. The van der Waals surface area contributed by atoms with E-state index in [4.69, 9.17) is 11.2 Å². The maximum absolute atomic E-state index is 11.7. The number of anilines is 1. The summed E-state index contributed by atoms with van der Waals surface area (Å²) in [6.07, 6.45) is 5.57. The van der Waals surface area contributed by atoms with Crippen LogP contribution in [-0.2, 0) is 11.2 Å². The molecule has 0 fully saturated rings. The Bertz CT molecular complexity index is 616. The number of benzene rings is 1. The van der Waals surface area contributed by atoms with Gasteiger partial charge >= 0.3 is 6.09 Å². The van der Waals surface area contributed by atoms with E-state index in [0.717, 1.165) is 18.5 Å². The van der Waals surface area contributed by atoms with Crippen LogP contribution in [0, 0.1) is 12.3 Å². The van der Waals surface area contributed by atoms with Crippen molar-refractivity contribution in [3.63, 3.8) is 0 Å². The SMILES string of the molecule is C#CCNC(=NCCc1ccc(NC(=O)OC(C)(C)C)cc1)NCC.I. The monoisotopic (exact) mass is 472 g/mol. The van der Waals surface area contributed by atoms with Crippen LogP contribution in [0.1, 0.15) is 33.3 Å². The Balaban J connectivity index is 0.00000625. The minimum absolute atomic E-state index is 0. The fourth-order valence-electron chi connectivity index (χ4n) is 1.95. The van der Waals surface area contributed by atoms with Crippen molar-refractivity contribution in [1.29, 1.82) is 0 Å².